The number of hydrogen-bond acceptors (Lipinski definition) is 1. The topological polar surface area (TPSA) is 9.23 Å². The molecule has 0 saturated carbocycles. The Bertz CT molecular complexity index is 241. The monoisotopic (exact) mass is 192 g/mol. The van der Waals surface area contributed by atoms with Crippen molar-refractivity contribution in [2.45, 2.75) is 39.7 Å². The Kier molecular flexibility index (Phi) is 4.51. The van der Waals surface area contributed by atoms with Gasteiger partial charge >= 0.3 is 0 Å². The van der Waals surface area contributed by atoms with E-state index in [1.807, 2.05) is 30.3 Å². The van der Waals surface area contributed by atoms with Crippen molar-refractivity contribution in [1.29, 1.82) is 0 Å². The molecule has 0 spiro atoms. The Morgan fingerprint density at radius 3 is 2.29 bits per heavy atom. The lowest BCUT2D eigenvalue weighted by Gasteiger charge is -2.22. The minimum absolute atomic E-state index is 0.349. The van der Waals surface area contributed by atoms with Crippen molar-refractivity contribution in [3.05, 3.63) is 30.3 Å². The molecule has 1 rings (SSSR count). The van der Waals surface area contributed by atoms with Crippen LogP contribution in [0, 0.1) is 5.92 Å². The highest BCUT2D eigenvalue weighted by atomic mass is 16.5. The summed E-state index contributed by atoms with van der Waals surface area (Å²) in [6, 6.07) is 10.1. The molecule has 0 aromatic heterocycles. The van der Waals surface area contributed by atoms with E-state index in [0.29, 0.717) is 12.0 Å². The van der Waals surface area contributed by atoms with Crippen molar-refractivity contribution < 1.29 is 4.74 Å². The standard InChI is InChI=1S/C13H20O/c1-4-8-13(11(2)3)14-12-9-6-5-7-10-12/h5-7,9-11,13H,4,8H2,1-3H3. The van der Waals surface area contributed by atoms with Crippen LogP contribution in [0.5, 0.6) is 5.75 Å². The number of para-hydroxylation sites is 1. The molecule has 1 nitrogen and oxygen atoms in total. The fourth-order valence-electron chi connectivity index (χ4n) is 1.49. The van der Waals surface area contributed by atoms with Gasteiger partial charge in [-0.2, -0.15) is 0 Å². The molecule has 0 aliphatic heterocycles. The van der Waals surface area contributed by atoms with E-state index in [9.17, 15) is 0 Å². The largest absolute Gasteiger partial charge is 0.490 e. The van der Waals surface area contributed by atoms with Gasteiger partial charge in [0, 0.05) is 0 Å². The van der Waals surface area contributed by atoms with Crippen LogP contribution < -0.4 is 4.74 Å². The predicted octanol–water partition coefficient (Wildman–Crippen LogP) is 3.89. The maximum Gasteiger partial charge on any atom is 0.119 e. The summed E-state index contributed by atoms with van der Waals surface area (Å²) < 4.78 is 5.92. The van der Waals surface area contributed by atoms with E-state index in [1.165, 1.54) is 6.42 Å². The fourth-order valence-corrected chi connectivity index (χ4v) is 1.49. The zero-order chi connectivity index (χ0) is 10.4. The van der Waals surface area contributed by atoms with Crippen LogP contribution in [0.3, 0.4) is 0 Å². The third kappa shape index (κ3) is 3.41. The van der Waals surface area contributed by atoms with Crippen LogP contribution in [-0.4, -0.2) is 6.10 Å². The van der Waals surface area contributed by atoms with Crippen LogP contribution in [-0.2, 0) is 0 Å². The number of ether oxygens (including phenoxy) is 1. The molecule has 0 N–H and O–H groups in total. The van der Waals surface area contributed by atoms with E-state index in [2.05, 4.69) is 20.8 Å². The predicted molar refractivity (Wildman–Crippen MR) is 60.6 cm³/mol. The van der Waals surface area contributed by atoms with Crippen molar-refractivity contribution in [3.63, 3.8) is 0 Å². The summed E-state index contributed by atoms with van der Waals surface area (Å²) >= 11 is 0. The third-order valence-electron chi connectivity index (χ3n) is 2.35. The lowest BCUT2D eigenvalue weighted by molar-refractivity contribution is 0.141. The molecule has 0 saturated heterocycles. The van der Waals surface area contributed by atoms with E-state index < -0.39 is 0 Å². The van der Waals surface area contributed by atoms with Crippen LogP contribution in [0.1, 0.15) is 33.6 Å². The smallest absolute Gasteiger partial charge is 0.119 e. The quantitative estimate of drug-likeness (QED) is 0.687. The van der Waals surface area contributed by atoms with Gasteiger partial charge < -0.3 is 4.74 Å². The molecule has 1 heteroatoms. The molecule has 0 radical (unpaired) electrons. The maximum atomic E-state index is 5.92. The zero-order valence-corrected chi connectivity index (χ0v) is 9.36. The molecule has 0 heterocycles. The highest BCUT2D eigenvalue weighted by molar-refractivity contribution is 5.21. The first-order valence-corrected chi connectivity index (χ1v) is 5.45. The third-order valence-corrected chi connectivity index (χ3v) is 2.35. The molecular formula is C13H20O. The normalized spacial score (nSPS) is 12.9. The Labute approximate surface area is 87.1 Å². The summed E-state index contributed by atoms with van der Waals surface area (Å²) in [5.74, 6) is 1.56. The van der Waals surface area contributed by atoms with E-state index in [0.717, 1.165) is 12.2 Å². The minimum atomic E-state index is 0.349. The van der Waals surface area contributed by atoms with Crippen LogP contribution in [0.25, 0.3) is 0 Å². The molecule has 1 aromatic rings. The van der Waals surface area contributed by atoms with Gasteiger partial charge in [-0.1, -0.05) is 45.4 Å². The van der Waals surface area contributed by atoms with Crippen LogP contribution in [0.4, 0.5) is 0 Å². The molecular weight excluding hydrogens is 172 g/mol. The summed E-state index contributed by atoms with van der Waals surface area (Å²) in [4.78, 5) is 0. The van der Waals surface area contributed by atoms with Crippen LogP contribution >= 0.6 is 0 Å². The van der Waals surface area contributed by atoms with Gasteiger partial charge in [0.25, 0.3) is 0 Å². The van der Waals surface area contributed by atoms with Gasteiger partial charge in [-0.3, -0.25) is 0 Å². The van der Waals surface area contributed by atoms with Crippen molar-refractivity contribution in [2.75, 3.05) is 0 Å². The Hall–Kier alpha value is -0.980. The first kappa shape index (κ1) is 11.1. The summed E-state index contributed by atoms with van der Waals surface area (Å²) in [5, 5.41) is 0. The van der Waals surface area contributed by atoms with Gasteiger partial charge in [0.1, 0.15) is 11.9 Å². The van der Waals surface area contributed by atoms with Gasteiger partial charge in [-0.25, -0.2) is 0 Å². The highest BCUT2D eigenvalue weighted by Gasteiger charge is 2.13. The van der Waals surface area contributed by atoms with E-state index in [-0.39, 0.29) is 0 Å². The van der Waals surface area contributed by atoms with Crippen molar-refractivity contribution in [3.8, 4) is 5.75 Å². The summed E-state index contributed by atoms with van der Waals surface area (Å²) in [5.41, 5.74) is 0. The summed E-state index contributed by atoms with van der Waals surface area (Å²) in [6.45, 7) is 6.62. The van der Waals surface area contributed by atoms with Gasteiger partial charge in [0.2, 0.25) is 0 Å². The molecule has 78 valence electrons. The average molecular weight is 192 g/mol. The molecule has 0 aliphatic rings. The molecule has 0 aliphatic carbocycles. The number of rotatable bonds is 5. The van der Waals surface area contributed by atoms with E-state index in [4.69, 9.17) is 4.74 Å². The van der Waals surface area contributed by atoms with Gasteiger partial charge in [0.05, 0.1) is 0 Å². The molecule has 0 fully saturated rings. The zero-order valence-electron chi connectivity index (χ0n) is 9.36. The molecule has 1 aromatic carbocycles. The first-order valence-electron chi connectivity index (χ1n) is 5.45. The van der Waals surface area contributed by atoms with E-state index >= 15 is 0 Å². The van der Waals surface area contributed by atoms with Crippen molar-refractivity contribution in [1.82, 2.24) is 0 Å². The van der Waals surface area contributed by atoms with Gasteiger partial charge in [-0.05, 0) is 24.5 Å². The van der Waals surface area contributed by atoms with Crippen molar-refractivity contribution in [2.24, 2.45) is 5.92 Å². The van der Waals surface area contributed by atoms with Gasteiger partial charge in [-0.15, -0.1) is 0 Å². The second-order valence-electron chi connectivity index (χ2n) is 4.00. The fraction of sp³-hybridized carbons (Fsp3) is 0.538. The highest BCUT2D eigenvalue weighted by Crippen LogP contribution is 2.18. The Morgan fingerprint density at radius 1 is 1.14 bits per heavy atom. The molecule has 1 atom stereocenters. The SMILES string of the molecule is CCCC(Oc1ccccc1)C(C)C. The molecule has 0 amide bonds. The van der Waals surface area contributed by atoms with Crippen LogP contribution in [0.15, 0.2) is 30.3 Å². The molecule has 0 bridgehead atoms. The lowest BCUT2D eigenvalue weighted by Crippen LogP contribution is -2.22. The number of hydrogen-bond donors (Lipinski definition) is 0. The molecule has 14 heavy (non-hydrogen) atoms. The van der Waals surface area contributed by atoms with Gasteiger partial charge in [0.15, 0.2) is 0 Å². The minimum Gasteiger partial charge on any atom is -0.490 e. The van der Waals surface area contributed by atoms with Crippen molar-refractivity contribution >= 4 is 0 Å². The average Bonchev–Trinajstić information content (AvgIpc) is 2.18. The molecule has 1 unspecified atom stereocenters. The lowest BCUT2D eigenvalue weighted by atomic mass is 10.0. The number of benzene rings is 1. The first-order chi connectivity index (χ1) is 6.74. The summed E-state index contributed by atoms with van der Waals surface area (Å²) in [7, 11) is 0. The second kappa shape index (κ2) is 5.69. The maximum absolute atomic E-state index is 5.92. The second-order valence-corrected chi connectivity index (χ2v) is 4.00. The Balaban J connectivity index is 2.55. The summed E-state index contributed by atoms with van der Waals surface area (Å²) in [6.07, 6.45) is 2.66. The Morgan fingerprint density at radius 2 is 1.79 bits per heavy atom. The van der Waals surface area contributed by atoms with Crippen LogP contribution in [0.2, 0.25) is 0 Å². The van der Waals surface area contributed by atoms with E-state index in [1.54, 1.807) is 0 Å².